The number of carbonyl (C=O) groups excluding carboxylic acids is 1. The van der Waals surface area contributed by atoms with Gasteiger partial charge in [0, 0.05) is 23.4 Å². The van der Waals surface area contributed by atoms with E-state index in [9.17, 15) is 9.18 Å². The SMILES string of the molecule is CCN1c2cc(F)c(/C=N\NC(=O)c3ccccc3OC)cc2C(C)=CC1(C)C. The third-order valence-electron chi connectivity index (χ3n) is 5.13. The van der Waals surface area contributed by atoms with Gasteiger partial charge < -0.3 is 9.64 Å². The maximum atomic E-state index is 14.8. The molecule has 1 aliphatic heterocycles. The summed E-state index contributed by atoms with van der Waals surface area (Å²) in [6.45, 7) is 9.08. The largest absolute Gasteiger partial charge is 0.496 e. The van der Waals surface area contributed by atoms with Crippen molar-refractivity contribution in [2.24, 2.45) is 5.10 Å². The summed E-state index contributed by atoms with van der Waals surface area (Å²) in [6, 6.07) is 10.2. The van der Waals surface area contributed by atoms with Crippen LogP contribution < -0.4 is 15.1 Å². The lowest BCUT2D eigenvalue weighted by atomic mass is 9.88. The molecular weight excluding hydrogens is 369 g/mol. The monoisotopic (exact) mass is 395 g/mol. The number of allylic oxidation sites excluding steroid dienone is 1. The van der Waals surface area contributed by atoms with E-state index in [-0.39, 0.29) is 11.4 Å². The summed E-state index contributed by atoms with van der Waals surface area (Å²) >= 11 is 0. The van der Waals surface area contributed by atoms with Gasteiger partial charge in [-0.3, -0.25) is 4.79 Å². The van der Waals surface area contributed by atoms with Crippen molar-refractivity contribution in [1.29, 1.82) is 0 Å². The first-order valence-electron chi connectivity index (χ1n) is 9.56. The first kappa shape index (κ1) is 20.6. The molecule has 0 fully saturated rings. The van der Waals surface area contributed by atoms with Crippen molar-refractivity contribution in [2.75, 3.05) is 18.6 Å². The van der Waals surface area contributed by atoms with Crippen LogP contribution in [-0.2, 0) is 0 Å². The molecule has 0 saturated carbocycles. The lowest BCUT2D eigenvalue weighted by Crippen LogP contribution is -2.45. The quantitative estimate of drug-likeness (QED) is 0.594. The molecule has 5 nitrogen and oxygen atoms in total. The number of ether oxygens (including phenoxy) is 1. The van der Waals surface area contributed by atoms with Crippen LogP contribution in [0.4, 0.5) is 10.1 Å². The molecule has 1 amide bonds. The van der Waals surface area contributed by atoms with Gasteiger partial charge in [0.2, 0.25) is 0 Å². The van der Waals surface area contributed by atoms with E-state index in [2.05, 4.69) is 42.3 Å². The van der Waals surface area contributed by atoms with E-state index in [1.807, 2.05) is 6.92 Å². The number of halogens is 1. The van der Waals surface area contributed by atoms with Crippen molar-refractivity contribution in [3.8, 4) is 5.75 Å². The van der Waals surface area contributed by atoms with Crippen LogP contribution in [-0.4, -0.2) is 31.3 Å². The number of hydrazone groups is 1. The molecule has 0 atom stereocenters. The molecule has 0 saturated heterocycles. The Morgan fingerprint density at radius 3 is 2.72 bits per heavy atom. The molecule has 2 aromatic carbocycles. The fourth-order valence-electron chi connectivity index (χ4n) is 3.84. The molecule has 1 N–H and O–H groups in total. The van der Waals surface area contributed by atoms with E-state index >= 15 is 0 Å². The predicted octanol–water partition coefficient (Wildman–Crippen LogP) is 4.62. The average molecular weight is 395 g/mol. The van der Waals surface area contributed by atoms with Crippen LogP contribution in [0.3, 0.4) is 0 Å². The molecule has 3 rings (SSSR count). The number of benzene rings is 2. The number of nitrogens with zero attached hydrogens (tertiary/aromatic N) is 2. The second-order valence-corrected chi connectivity index (χ2v) is 7.52. The summed E-state index contributed by atoms with van der Waals surface area (Å²) in [5.74, 6) is -0.363. The number of methoxy groups -OCH3 is 1. The number of rotatable bonds is 5. The summed E-state index contributed by atoms with van der Waals surface area (Å²) in [5, 5.41) is 3.94. The maximum absolute atomic E-state index is 14.8. The number of nitrogens with one attached hydrogen (secondary N) is 1. The zero-order valence-corrected chi connectivity index (χ0v) is 17.4. The van der Waals surface area contributed by atoms with E-state index in [0.717, 1.165) is 23.4 Å². The lowest BCUT2D eigenvalue weighted by molar-refractivity contribution is 0.0952. The number of anilines is 1. The van der Waals surface area contributed by atoms with E-state index < -0.39 is 5.91 Å². The Morgan fingerprint density at radius 2 is 2.03 bits per heavy atom. The third kappa shape index (κ3) is 4.01. The highest BCUT2D eigenvalue weighted by molar-refractivity contribution is 5.97. The fourth-order valence-corrected chi connectivity index (χ4v) is 3.84. The highest BCUT2D eigenvalue weighted by Crippen LogP contribution is 2.39. The molecule has 1 heterocycles. The smallest absolute Gasteiger partial charge is 0.275 e. The van der Waals surface area contributed by atoms with Gasteiger partial charge in [0.1, 0.15) is 11.6 Å². The number of hydrogen-bond donors (Lipinski definition) is 1. The minimum Gasteiger partial charge on any atom is -0.496 e. The van der Waals surface area contributed by atoms with Gasteiger partial charge in [-0.1, -0.05) is 18.2 Å². The second kappa shape index (κ2) is 8.07. The molecule has 0 radical (unpaired) electrons. The van der Waals surface area contributed by atoms with Gasteiger partial charge in [0.15, 0.2) is 0 Å². The molecule has 6 heteroatoms. The van der Waals surface area contributed by atoms with Crippen molar-refractivity contribution in [3.63, 3.8) is 0 Å². The molecule has 0 bridgehead atoms. The molecule has 2 aromatic rings. The number of likely N-dealkylation sites (N-methyl/N-ethyl adjacent to an activating group) is 1. The van der Waals surface area contributed by atoms with Gasteiger partial charge in [0.05, 0.1) is 24.4 Å². The number of para-hydroxylation sites is 1. The summed E-state index contributed by atoms with van der Waals surface area (Å²) < 4.78 is 19.9. The van der Waals surface area contributed by atoms with Crippen LogP contribution in [0, 0.1) is 5.82 Å². The summed E-state index contributed by atoms with van der Waals surface area (Å²) in [4.78, 5) is 14.5. The van der Waals surface area contributed by atoms with Crippen molar-refractivity contribution >= 4 is 23.4 Å². The van der Waals surface area contributed by atoms with Gasteiger partial charge in [-0.25, -0.2) is 9.82 Å². The number of carbonyl (C=O) groups is 1. The number of amides is 1. The first-order valence-corrected chi connectivity index (χ1v) is 9.56. The standard InChI is InChI=1S/C23H26FN3O2/c1-6-27-20-12-19(24)16(11-18(20)15(2)13-23(27,3)4)14-25-26-22(28)17-9-7-8-10-21(17)29-5/h7-14H,6H2,1-5H3,(H,26,28)/b25-14-. The Hall–Kier alpha value is -3.15. The highest BCUT2D eigenvalue weighted by atomic mass is 19.1. The second-order valence-electron chi connectivity index (χ2n) is 7.52. The molecule has 1 aliphatic rings. The van der Waals surface area contributed by atoms with Crippen LogP contribution in [0.25, 0.3) is 5.57 Å². The predicted molar refractivity (Wildman–Crippen MR) is 115 cm³/mol. The number of fused-ring (bicyclic) bond motifs is 1. The summed E-state index contributed by atoms with van der Waals surface area (Å²) in [7, 11) is 1.49. The van der Waals surface area contributed by atoms with Crippen LogP contribution in [0.1, 0.15) is 49.2 Å². The number of hydrogen-bond acceptors (Lipinski definition) is 4. The molecular formula is C23H26FN3O2. The van der Waals surface area contributed by atoms with Crippen LogP contribution >= 0.6 is 0 Å². The Morgan fingerprint density at radius 1 is 1.31 bits per heavy atom. The molecule has 0 aliphatic carbocycles. The Kier molecular flexibility index (Phi) is 5.73. The third-order valence-corrected chi connectivity index (χ3v) is 5.13. The zero-order valence-electron chi connectivity index (χ0n) is 17.4. The molecule has 0 spiro atoms. The fraction of sp³-hybridized carbons (Fsp3) is 0.304. The molecule has 152 valence electrons. The van der Waals surface area contributed by atoms with Gasteiger partial charge in [-0.2, -0.15) is 5.10 Å². The van der Waals surface area contributed by atoms with E-state index in [1.54, 1.807) is 36.4 Å². The van der Waals surface area contributed by atoms with Crippen molar-refractivity contribution in [1.82, 2.24) is 5.43 Å². The minimum atomic E-state index is -0.424. The Labute approximate surface area is 170 Å². The summed E-state index contributed by atoms with van der Waals surface area (Å²) in [6.07, 6.45) is 3.51. The van der Waals surface area contributed by atoms with Gasteiger partial charge in [0.25, 0.3) is 5.91 Å². The van der Waals surface area contributed by atoms with Crippen molar-refractivity contribution in [3.05, 3.63) is 65.0 Å². The van der Waals surface area contributed by atoms with E-state index in [0.29, 0.717) is 16.9 Å². The van der Waals surface area contributed by atoms with Gasteiger partial charge in [-0.05, 0) is 57.5 Å². The van der Waals surface area contributed by atoms with Gasteiger partial charge in [-0.15, -0.1) is 0 Å². The molecule has 0 aromatic heterocycles. The van der Waals surface area contributed by atoms with Gasteiger partial charge >= 0.3 is 0 Å². The van der Waals surface area contributed by atoms with Crippen LogP contribution in [0.15, 0.2) is 47.6 Å². The molecule has 29 heavy (non-hydrogen) atoms. The zero-order chi connectivity index (χ0) is 21.2. The van der Waals surface area contributed by atoms with Crippen molar-refractivity contribution in [2.45, 2.75) is 33.2 Å². The lowest BCUT2D eigenvalue weighted by Gasteiger charge is -2.42. The normalized spacial score (nSPS) is 15.1. The van der Waals surface area contributed by atoms with E-state index in [4.69, 9.17) is 4.74 Å². The van der Waals surface area contributed by atoms with E-state index in [1.165, 1.54) is 13.3 Å². The molecule has 0 unspecified atom stereocenters. The van der Waals surface area contributed by atoms with Crippen molar-refractivity contribution < 1.29 is 13.9 Å². The Balaban J connectivity index is 1.86. The minimum absolute atomic E-state index is 0.184. The summed E-state index contributed by atoms with van der Waals surface area (Å²) in [5.41, 5.74) is 5.83. The average Bonchev–Trinajstić information content (AvgIpc) is 2.68. The highest BCUT2D eigenvalue weighted by Gasteiger charge is 2.30. The van der Waals surface area contributed by atoms with Crippen LogP contribution in [0.2, 0.25) is 0 Å². The Bertz CT molecular complexity index is 996. The topological polar surface area (TPSA) is 53.9 Å². The first-order chi connectivity index (χ1) is 13.8. The maximum Gasteiger partial charge on any atom is 0.275 e. The van der Waals surface area contributed by atoms with Crippen LogP contribution in [0.5, 0.6) is 5.75 Å².